The van der Waals surface area contributed by atoms with E-state index in [1.54, 1.807) is 25.3 Å². The fourth-order valence-corrected chi connectivity index (χ4v) is 2.15. The van der Waals surface area contributed by atoms with Crippen molar-refractivity contribution < 1.29 is 23.8 Å². The molecular weight excluding hydrogens is 343 g/mol. The van der Waals surface area contributed by atoms with Crippen molar-refractivity contribution in [1.82, 2.24) is 0 Å². The Labute approximate surface area is 129 Å². The van der Waals surface area contributed by atoms with Gasteiger partial charge in [-0.1, -0.05) is 6.07 Å². The number of methoxy groups -OCH3 is 1. The van der Waals surface area contributed by atoms with Gasteiger partial charge in [-0.05, 0) is 46.3 Å². The molecule has 6 heteroatoms. The Balaban J connectivity index is 2.11. The highest BCUT2D eigenvalue weighted by atomic mass is 79.9. The van der Waals surface area contributed by atoms with Gasteiger partial charge >= 0.3 is 5.97 Å². The van der Waals surface area contributed by atoms with Gasteiger partial charge in [-0.3, -0.25) is 0 Å². The molecule has 4 nitrogen and oxygen atoms in total. The fourth-order valence-electron chi connectivity index (χ4n) is 1.68. The number of hydrogen-bond acceptors (Lipinski definition) is 3. The Bertz CT molecular complexity index is 673. The lowest BCUT2D eigenvalue weighted by atomic mass is 10.1. The summed E-state index contributed by atoms with van der Waals surface area (Å²) in [4.78, 5) is 10.7. The first-order valence-corrected chi connectivity index (χ1v) is 6.78. The van der Waals surface area contributed by atoms with E-state index in [0.29, 0.717) is 16.0 Å². The molecule has 110 valence electrons. The first-order valence-electron chi connectivity index (χ1n) is 5.99. The molecule has 0 heterocycles. The second kappa shape index (κ2) is 6.58. The summed E-state index contributed by atoms with van der Waals surface area (Å²) in [5.41, 5.74) is 0.185. The summed E-state index contributed by atoms with van der Waals surface area (Å²) in [5, 5.41) is 8.78. The van der Waals surface area contributed by atoms with Crippen molar-refractivity contribution in [3.05, 3.63) is 57.8 Å². The van der Waals surface area contributed by atoms with E-state index in [-0.39, 0.29) is 17.7 Å². The maximum absolute atomic E-state index is 13.8. The molecule has 2 rings (SSSR count). The van der Waals surface area contributed by atoms with Crippen molar-refractivity contribution in [2.75, 3.05) is 7.11 Å². The summed E-state index contributed by atoms with van der Waals surface area (Å²) in [5.74, 6) is -0.567. The molecule has 0 fully saturated rings. The number of aromatic carboxylic acids is 1. The standard InChI is InChI=1S/C15H12BrFO4/c1-20-11-4-5-14(12(16)7-11)21-8-10-3-2-9(15(18)19)6-13(10)17/h2-7H,8H2,1H3,(H,18,19). The van der Waals surface area contributed by atoms with E-state index in [4.69, 9.17) is 14.6 Å². The predicted molar refractivity (Wildman–Crippen MR) is 78.4 cm³/mol. The third-order valence-corrected chi connectivity index (χ3v) is 3.44. The monoisotopic (exact) mass is 354 g/mol. The third kappa shape index (κ3) is 3.72. The van der Waals surface area contributed by atoms with Crippen LogP contribution < -0.4 is 9.47 Å². The number of benzene rings is 2. The zero-order valence-corrected chi connectivity index (χ0v) is 12.7. The molecular formula is C15H12BrFO4. The van der Waals surface area contributed by atoms with Gasteiger partial charge in [0.2, 0.25) is 0 Å². The molecule has 2 aromatic carbocycles. The van der Waals surface area contributed by atoms with Crippen molar-refractivity contribution in [3.8, 4) is 11.5 Å². The van der Waals surface area contributed by atoms with Crippen LogP contribution in [0.5, 0.6) is 11.5 Å². The molecule has 2 aromatic rings. The highest BCUT2D eigenvalue weighted by Gasteiger charge is 2.10. The Morgan fingerprint density at radius 1 is 1.29 bits per heavy atom. The smallest absolute Gasteiger partial charge is 0.335 e. The predicted octanol–water partition coefficient (Wildman–Crippen LogP) is 3.87. The minimum atomic E-state index is -1.17. The van der Waals surface area contributed by atoms with E-state index in [0.717, 1.165) is 6.07 Å². The topological polar surface area (TPSA) is 55.8 Å². The van der Waals surface area contributed by atoms with E-state index >= 15 is 0 Å². The number of halogens is 2. The van der Waals surface area contributed by atoms with E-state index in [1.807, 2.05) is 0 Å². The van der Waals surface area contributed by atoms with Gasteiger partial charge in [-0.2, -0.15) is 0 Å². The number of carbonyl (C=O) groups is 1. The lowest BCUT2D eigenvalue weighted by Gasteiger charge is -2.10. The second-order valence-electron chi connectivity index (χ2n) is 4.20. The fraction of sp³-hybridized carbons (Fsp3) is 0.133. The van der Waals surface area contributed by atoms with Crippen LogP contribution in [0, 0.1) is 5.82 Å². The van der Waals surface area contributed by atoms with Gasteiger partial charge in [-0.25, -0.2) is 9.18 Å². The van der Waals surface area contributed by atoms with E-state index in [2.05, 4.69) is 15.9 Å². The third-order valence-electron chi connectivity index (χ3n) is 2.82. The van der Waals surface area contributed by atoms with E-state index in [1.165, 1.54) is 12.1 Å². The van der Waals surface area contributed by atoms with Gasteiger partial charge in [0.1, 0.15) is 23.9 Å². The van der Waals surface area contributed by atoms with Gasteiger partial charge < -0.3 is 14.6 Å². The van der Waals surface area contributed by atoms with Crippen LogP contribution in [0.3, 0.4) is 0 Å². The summed E-state index contributed by atoms with van der Waals surface area (Å²) in [6.45, 7) is -0.00331. The number of hydrogen-bond donors (Lipinski definition) is 1. The molecule has 1 N–H and O–H groups in total. The SMILES string of the molecule is COc1ccc(OCc2ccc(C(=O)O)cc2F)c(Br)c1. The number of carboxylic acid groups (broad SMARTS) is 1. The van der Waals surface area contributed by atoms with Crippen LogP contribution in [0.25, 0.3) is 0 Å². The molecule has 0 atom stereocenters. The van der Waals surface area contributed by atoms with E-state index in [9.17, 15) is 9.18 Å². The summed E-state index contributed by atoms with van der Waals surface area (Å²) in [7, 11) is 1.56. The molecule has 0 aliphatic rings. The Morgan fingerprint density at radius 3 is 2.62 bits per heavy atom. The van der Waals surface area contributed by atoms with Gasteiger partial charge in [0.15, 0.2) is 0 Å². The highest BCUT2D eigenvalue weighted by Crippen LogP contribution is 2.29. The number of carboxylic acids is 1. The van der Waals surface area contributed by atoms with Crippen LogP contribution in [0.15, 0.2) is 40.9 Å². The molecule has 0 aromatic heterocycles. The molecule has 21 heavy (non-hydrogen) atoms. The number of ether oxygens (including phenoxy) is 2. The lowest BCUT2D eigenvalue weighted by molar-refractivity contribution is 0.0696. The average Bonchev–Trinajstić information content (AvgIpc) is 2.46. The average molecular weight is 355 g/mol. The molecule has 0 radical (unpaired) electrons. The molecule has 0 saturated carbocycles. The van der Waals surface area contributed by atoms with Crippen LogP contribution in [0.2, 0.25) is 0 Å². The minimum Gasteiger partial charge on any atom is -0.497 e. The highest BCUT2D eigenvalue weighted by molar-refractivity contribution is 9.10. The van der Waals surface area contributed by atoms with Crippen molar-refractivity contribution in [3.63, 3.8) is 0 Å². The zero-order chi connectivity index (χ0) is 15.4. The van der Waals surface area contributed by atoms with Crippen molar-refractivity contribution in [1.29, 1.82) is 0 Å². The Morgan fingerprint density at radius 2 is 2.05 bits per heavy atom. The first-order chi connectivity index (χ1) is 10.0. The quantitative estimate of drug-likeness (QED) is 0.885. The van der Waals surface area contributed by atoms with Gasteiger partial charge in [-0.15, -0.1) is 0 Å². The lowest BCUT2D eigenvalue weighted by Crippen LogP contribution is -2.02. The van der Waals surface area contributed by atoms with Gasteiger partial charge in [0, 0.05) is 5.56 Å². The van der Waals surface area contributed by atoms with Crippen molar-refractivity contribution >= 4 is 21.9 Å². The number of rotatable bonds is 5. The summed E-state index contributed by atoms with van der Waals surface area (Å²) in [6, 6.07) is 8.88. The minimum absolute atomic E-state index is 0.00331. The van der Waals surface area contributed by atoms with Crippen LogP contribution in [0.4, 0.5) is 4.39 Å². The Kier molecular flexibility index (Phi) is 4.80. The first kappa shape index (κ1) is 15.3. The summed E-state index contributed by atoms with van der Waals surface area (Å²) >= 11 is 3.33. The molecule has 0 saturated heterocycles. The summed E-state index contributed by atoms with van der Waals surface area (Å²) in [6.07, 6.45) is 0. The summed E-state index contributed by atoms with van der Waals surface area (Å²) < 4.78 is 25.0. The van der Waals surface area contributed by atoms with Crippen LogP contribution in [-0.4, -0.2) is 18.2 Å². The van der Waals surface area contributed by atoms with Crippen molar-refractivity contribution in [2.45, 2.75) is 6.61 Å². The molecule has 0 spiro atoms. The zero-order valence-electron chi connectivity index (χ0n) is 11.1. The molecule has 0 aliphatic carbocycles. The Hall–Kier alpha value is -2.08. The molecule has 0 bridgehead atoms. The molecule has 0 unspecified atom stereocenters. The van der Waals surface area contributed by atoms with Gasteiger partial charge in [0.25, 0.3) is 0 Å². The van der Waals surface area contributed by atoms with E-state index < -0.39 is 11.8 Å². The van der Waals surface area contributed by atoms with Crippen LogP contribution in [0.1, 0.15) is 15.9 Å². The van der Waals surface area contributed by atoms with Crippen molar-refractivity contribution in [2.24, 2.45) is 0 Å². The van der Waals surface area contributed by atoms with Gasteiger partial charge in [0.05, 0.1) is 17.1 Å². The largest absolute Gasteiger partial charge is 0.497 e. The maximum Gasteiger partial charge on any atom is 0.335 e. The molecule has 0 aliphatic heterocycles. The molecule has 0 amide bonds. The van der Waals surface area contributed by atoms with Crippen LogP contribution >= 0.6 is 15.9 Å². The second-order valence-corrected chi connectivity index (χ2v) is 5.05. The van der Waals surface area contributed by atoms with Crippen LogP contribution in [-0.2, 0) is 6.61 Å². The normalized spacial score (nSPS) is 10.2. The maximum atomic E-state index is 13.8.